The average Bonchev–Trinajstić information content (AvgIpc) is 2.18. The lowest BCUT2D eigenvalue weighted by atomic mass is 10.1. The van der Waals surface area contributed by atoms with Crippen LogP contribution in [0.2, 0.25) is 0 Å². The molecule has 0 amide bonds. The molecule has 0 radical (unpaired) electrons. The maximum absolute atomic E-state index is 5.64. The Morgan fingerprint density at radius 3 is 2.40 bits per heavy atom. The van der Waals surface area contributed by atoms with E-state index in [1.165, 1.54) is 50.9 Å². The van der Waals surface area contributed by atoms with Crippen LogP contribution in [0.3, 0.4) is 0 Å². The molecule has 2 N–H and O–H groups in total. The Morgan fingerprint density at radius 1 is 1.07 bits per heavy atom. The first-order valence-corrected chi connectivity index (χ1v) is 5.91. The summed E-state index contributed by atoms with van der Waals surface area (Å²) in [5, 5.41) is 0. The van der Waals surface area contributed by atoms with Gasteiger partial charge in [-0.3, -0.25) is 0 Å². The molecule has 0 atom stereocenters. The van der Waals surface area contributed by atoms with Gasteiger partial charge in [0.2, 0.25) is 0 Å². The first kappa shape index (κ1) is 10.5. The van der Waals surface area contributed by atoms with Gasteiger partial charge in [-0.15, -0.1) is 0 Å². The summed E-state index contributed by atoms with van der Waals surface area (Å²) in [6.07, 6.45) is 5.21. The summed E-state index contributed by atoms with van der Waals surface area (Å²) >= 11 is 0. The summed E-state index contributed by atoms with van der Waals surface area (Å²) in [6, 6.07) is 8.26. The van der Waals surface area contributed by atoms with Crippen molar-refractivity contribution < 1.29 is 0 Å². The van der Waals surface area contributed by atoms with Crippen LogP contribution in [0.15, 0.2) is 24.3 Å². The monoisotopic (exact) mass is 204 g/mol. The van der Waals surface area contributed by atoms with Crippen molar-refractivity contribution >= 4 is 5.69 Å². The maximum atomic E-state index is 5.64. The third-order valence-corrected chi connectivity index (χ3v) is 3.12. The third kappa shape index (κ3) is 3.24. The molecule has 0 saturated carbocycles. The van der Waals surface area contributed by atoms with Crippen LogP contribution in [-0.2, 0) is 6.42 Å². The Kier molecular flexibility index (Phi) is 3.62. The number of benzene rings is 1. The van der Waals surface area contributed by atoms with Gasteiger partial charge in [-0.2, -0.15) is 0 Å². The van der Waals surface area contributed by atoms with Gasteiger partial charge in [0, 0.05) is 5.69 Å². The van der Waals surface area contributed by atoms with Gasteiger partial charge in [0.1, 0.15) is 0 Å². The number of hydrogen-bond acceptors (Lipinski definition) is 2. The first-order chi connectivity index (χ1) is 7.34. The summed E-state index contributed by atoms with van der Waals surface area (Å²) in [6.45, 7) is 3.93. The fraction of sp³-hybridized carbons (Fsp3) is 0.538. The summed E-state index contributed by atoms with van der Waals surface area (Å²) < 4.78 is 0. The highest BCUT2D eigenvalue weighted by Gasteiger charge is 2.11. The van der Waals surface area contributed by atoms with Crippen LogP contribution in [0.5, 0.6) is 0 Å². The minimum atomic E-state index is 0.860. The van der Waals surface area contributed by atoms with E-state index in [2.05, 4.69) is 17.0 Å². The fourth-order valence-corrected chi connectivity index (χ4v) is 1.95. The Morgan fingerprint density at radius 2 is 1.80 bits per heavy atom. The Labute approximate surface area is 92.1 Å². The molecule has 2 rings (SSSR count). The SMILES string of the molecule is Nc1ccc(CCCCN2CCC2)cc1. The highest BCUT2D eigenvalue weighted by Crippen LogP contribution is 2.11. The summed E-state index contributed by atoms with van der Waals surface area (Å²) in [5.41, 5.74) is 7.91. The summed E-state index contributed by atoms with van der Waals surface area (Å²) in [7, 11) is 0. The maximum Gasteiger partial charge on any atom is 0.0314 e. The van der Waals surface area contributed by atoms with E-state index in [1.54, 1.807) is 0 Å². The van der Waals surface area contributed by atoms with Crippen molar-refractivity contribution in [2.45, 2.75) is 25.7 Å². The second-order valence-electron chi connectivity index (χ2n) is 4.39. The van der Waals surface area contributed by atoms with Crippen LogP contribution in [0.25, 0.3) is 0 Å². The molecule has 0 bridgehead atoms. The van der Waals surface area contributed by atoms with Crippen LogP contribution in [0.4, 0.5) is 5.69 Å². The van der Waals surface area contributed by atoms with Crippen molar-refractivity contribution in [1.82, 2.24) is 4.90 Å². The number of hydrogen-bond donors (Lipinski definition) is 1. The molecule has 1 saturated heterocycles. The van der Waals surface area contributed by atoms with Crippen molar-refractivity contribution in [1.29, 1.82) is 0 Å². The van der Waals surface area contributed by atoms with Gasteiger partial charge in [-0.25, -0.2) is 0 Å². The van der Waals surface area contributed by atoms with Gasteiger partial charge in [0.15, 0.2) is 0 Å². The van der Waals surface area contributed by atoms with E-state index in [1.807, 2.05) is 12.1 Å². The van der Waals surface area contributed by atoms with Crippen molar-refractivity contribution in [3.05, 3.63) is 29.8 Å². The van der Waals surface area contributed by atoms with Crippen LogP contribution >= 0.6 is 0 Å². The van der Waals surface area contributed by atoms with Crippen molar-refractivity contribution in [3.63, 3.8) is 0 Å². The molecule has 0 spiro atoms. The van der Waals surface area contributed by atoms with E-state index in [-0.39, 0.29) is 0 Å². The molecule has 1 heterocycles. The molecule has 2 heteroatoms. The van der Waals surface area contributed by atoms with Gasteiger partial charge in [0.05, 0.1) is 0 Å². The van der Waals surface area contributed by atoms with Gasteiger partial charge in [0.25, 0.3) is 0 Å². The smallest absolute Gasteiger partial charge is 0.0314 e. The molecule has 15 heavy (non-hydrogen) atoms. The number of aryl methyl sites for hydroxylation is 1. The van der Waals surface area contributed by atoms with Gasteiger partial charge in [-0.05, 0) is 63.0 Å². The molecule has 1 aliphatic rings. The average molecular weight is 204 g/mol. The Bertz CT molecular complexity index is 288. The zero-order valence-corrected chi connectivity index (χ0v) is 9.28. The van der Waals surface area contributed by atoms with Crippen molar-refractivity contribution in [2.24, 2.45) is 0 Å². The van der Waals surface area contributed by atoms with E-state index >= 15 is 0 Å². The Balaban J connectivity index is 1.62. The van der Waals surface area contributed by atoms with Crippen LogP contribution in [0, 0.1) is 0 Å². The van der Waals surface area contributed by atoms with E-state index in [0.29, 0.717) is 0 Å². The third-order valence-electron chi connectivity index (χ3n) is 3.12. The largest absolute Gasteiger partial charge is 0.399 e. The van der Waals surface area contributed by atoms with Crippen molar-refractivity contribution in [2.75, 3.05) is 25.4 Å². The lowest BCUT2D eigenvalue weighted by Gasteiger charge is -2.30. The quantitative estimate of drug-likeness (QED) is 0.589. The topological polar surface area (TPSA) is 29.3 Å². The lowest BCUT2D eigenvalue weighted by molar-refractivity contribution is 0.178. The standard InChI is InChI=1S/C13H20N2/c14-13-7-5-12(6-8-13)4-1-2-9-15-10-3-11-15/h5-8H,1-4,9-11,14H2. The number of likely N-dealkylation sites (tertiary alicyclic amines) is 1. The fourth-order valence-electron chi connectivity index (χ4n) is 1.95. The highest BCUT2D eigenvalue weighted by atomic mass is 15.2. The minimum Gasteiger partial charge on any atom is -0.399 e. The molecule has 0 aromatic heterocycles. The zero-order chi connectivity index (χ0) is 10.5. The molecular formula is C13H20N2. The molecule has 0 aliphatic carbocycles. The molecule has 1 aromatic rings. The second-order valence-corrected chi connectivity index (χ2v) is 4.39. The van der Waals surface area contributed by atoms with E-state index in [4.69, 9.17) is 5.73 Å². The van der Waals surface area contributed by atoms with Gasteiger partial charge < -0.3 is 10.6 Å². The number of rotatable bonds is 5. The zero-order valence-electron chi connectivity index (χ0n) is 9.28. The van der Waals surface area contributed by atoms with Gasteiger partial charge >= 0.3 is 0 Å². The van der Waals surface area contributed by atoms with Crippen molar-refractivity contribution in [3.8, 4) is 0 Å². The lowest BCUT2D eigenvalue weighted by Crippen LogP contribution is -2.37. The van der Waals surface area contributed by atoms with Crippen LogP contribution < -0.4 is 5.73 Å². The predicted molar refractivity (Wildman–Crippen MR) is 64.8 cm³/mol. The second kappa shape index (κ2) is 5.17. The van der Waals surface area contributed by atoms with Crippen LogP contribution in [-0.4, -0.2) is 24.5 Å². The number of nitrogen functional groups attached to an aromatic ring is 1. The summed E-state index contributed by atoms with van der Waals surface area (Å²) in [4.78, 5) is 2.53. The number of anilines is 1. The molecule has 82 valence electrons. The molecule has 2 nitrogen and oxygen atoms in total. The molecule has 1 fully saturated rings. The van der Waals surface area contributed by atoms with Crippen LogP contribution in [0.1, 0.15) is 24.8 Å². The Hall–Kier alpha value is -1.02. The number of nitrogens with two attached hydrogens (primary N) is 1. The number of nitrogens with zero attached hydrogens (tertiary/aromatic N) is 1. The minimum absolute atomic E-state index is 0.860. The molecular weight excluding hydrogens is 184 g/mol. The van der Waals surface area contributed by atoms with E-state index in [0.717, 1.165) is 5.69 Å². The predicted octanol–water partition coefficient (Wildman–Crippen LogP) is 2.30. The highest BCUT2D eigenvalue weighted by molar-refractivity contribution is 5.39. The molecule has 0 unspecified atom stereocenters. The summed E-state index contributed by atoms with van der Waals surface area (Å²) in [5.74, 6) is 0. The molecule has 1 aliphatic heterocycles. The first-order valence-electron chi connectivity index (χ1n) is 5.91. The molecule has 1 aromatic carbocycles. The normalized spacial score (nSPS) is 16.3. The van der Waals surface area contributed by atoms with E-state index in [9.17, 15) is 0 Å². The number of unbranched alkanes of at least 4 members (excludes halogenated alkanes) is 1. The van der Waals surface area contributed by atoms with E-state index < -0.39 is 0 Å². The van der Waals surface area contributed by atoms with Gasteiger partial charge in [-0.1, -0.05) is 12.1 Å².